The highest BCUT2D eigenvalue weighted by Crippen LogP contribution is 2.33. The topological polar surface area (TPSA) is 12.0 Å². The van der Waals surface area contributed by atoms with E-state index in [9.17, 15) is 0 Å². The highest BCUT2D eigenvalue weighted by molar-refractivity contribution is 9.11. The maximum Gasteiger partial charge on any atom is 0.0731 e. The summed E-state index contributed by atoms with van der Waals surface area (Å²) in [6, 6.07) is 2.69. The number of hydrogen-bond donors (Lipinski definition) is 1. The minimum absolute atomic E-state index is 0.424. The Kier molecular flexibility index (Phi) is 5.73. The van der Waals surface area contributed by atoms with E-state index in [1.807, 2.05) is 11.3 Å². The molecular formula is C13H20BrNS. The molecule has 0 saturated carbocycles. The molecule has 90 valence electrons. The Hall–Kier alpha value is -0.120. The molecule has 1 atom stereocenters. The average molecular weight is 302 g/mol. The van der Waals surface area contributed by atoms with E-state index in [2.05, 4.69) is 54.7 Å². The lowest BCUT2D eigenvalue weighted by Crippen LogP contribution is -2.21. The molecule has 3 heteroatoms. The molecule has 0 saturated heterocycles. The lowest BCUT2D eigenvalue weighted by atomic mass is 10.1. The number of rotatable bonds is 6. The van der Waals surface area contributed by atoms with Crippen LogP contribution < -0.4 is 5.32 Å². The fraction of sp³-hybridized carbons (Fsp3) is 0.538. The molecule has 0 aromatic carbocycles. The van der Waals surface area contributed by atoms with Crippen molar-refractivity contribution in [1.82, 2.24) is 5.32 Å². The van der Waals surface area contributed by atoms with Gasteiger partial charge in [0, 0.05) is 10.9 Å². The predicted octanol–water partition coefficient (Wildman–Crippen LogP) is 4.83. The van der Waals surface area contributed by atoms with Crippen molar-refractivity contribution in [3.8, 4) is 0 Å². The lowest BCUT2D eigenvalue weighted by molar-refractivity contribution is 0.535. The van der Waals surface area contributed by atoms with Gasteiger partial charge in [-0.2, -0.15) is 0 Å². The Balaban J connectivity index is 2.78. The van der Waals surface area contributed by atoms with Crippen molar-refractivity contribution in [1.29, 1.82) is 0 Å². The number of thiophene rings is 1. The summed E-state index contributed by atoms with van der Waals surface area (Å²) in [5.74, 6) is 0. The lowest BCUT2D eigenvalue weighted by Gasteiger charge is -2.17. The van der Waals surface area contributed by atoms with Gasteiger partial charge in [-0.25, -0.2) is 0 Å². The fourth-order valence-electron chi connectivity index (χ4n) is 1.60. The third-order valence-electron chi connectivity index (χ3n) is 2.41. The molecule has 0 bridgehead atoms. The smallest absolute Gasteiger partial charge is 0.0731 e. The zero-order valence-corrected chi connectivity index (χ0v) is 12.7. The molecule has 0 radical (unpaired) electrons. The molecule has 1 aromatic rings. The second kappa shape index (κ2) is 6.58. The van der Waals surface area contributed by atoms with Crippen molar-refractivity contribution in [2.24, 2.45) is 0 Å². The van der Waals surface area contributed by atoms with Gasteiger partial charge in [-0.05, 0) is 60.8 Å². The van der Waals surface area contributed by atoms with E-state index in [0.717, 1.165) is 19.4 Å². The molecule has 0 fully saturated rings. The quantitative estimate of drug-likeness (QED) is 0.742. The largest absolute Gasteiger partial charge is 0.309 e. The first-order valence-electron chi connectivity index (χ1n) is 5.68. The summed E-state index contributed by atoms with van der Waals surface area (Å²) in [4.78, 5) is 1.40. The molecule has 16 heavy (non-hydrogen) atoms. The van der Waals surface area contributed by atoms with Gasteiger partial charge in [0.15, 0.2) is 0 Å². The molecule has 0 aliphatic heterocycles. The summed E-state index contributed by atoms with van der Waals surface area (Å²) in [5, 5.41) is 3.59. The van der Waals surface area contributed by atoms with Crippen molar-refractivity contribution in [3.05, 3.63) is 32.4 Å². The zero-order chi connectivity index (χ0) is 12.1. The van der Waals surface area contributed by atoms with Crippen LogP contribution in [0.1, 0.15) is 43.2 Å². The highest BCUT2D eigenvalue weighted by Gasteiger charge is 2.14. The summed E-state index contributed by atoms with van der Waals surface area (Å²) in [7, 11) is 0. The van der Waals surface area contributed by atoms with E-state index < -0.39 is 0 Å². The molecule has 0 amide bonds. The summed E-state index contributed by atoms with van der Waals surface area (Å²) >= 11 is 5.42. The first-order valence-corrected chi connectivity index (χ1v) is 7.29. The molecule has 1 N–H and O–H groups in total. The Morgan fingerprint density at radius 1 is 1.62 bits per heavy atom. The molecule has 0 spiro atoms. The van der Waals surface area contributed by atoms with E-state index in [4.69, 9.17) is 0 Å². The normalized spacial score (nSPS) is 12.8. The standard InChI is InChI=1S/C13H20BrNS/c1-5-6-15-11(7-9(2)3)12-8-10(4)13(14)16-12/h8,11,15H,2,5-7H2,1,3-4H3. The summed E-state index contributed by atoms with van der Waals surface area (Å²) in [5.41, 5.74) is 2.56. The minimum atomic E-state index is 0.424. The van der Waals surface area contributed by atoms with E-state index in [-0.39, 0.29) is 0 Å². The van der Waals surface area contributed by atoms with Crippen molar-refractivity contribution in [3.63, 3.8) is 0 Å². The number of nitrogens with one attached hydrogen (secondary N) is 1. The van der Waals surface area contributed by atoms with Crippen LogP contribution in [0.4, 0.5) is 0 Å². The van der Waals surface area contributed by atoms with Crippen LogP contribution in [0.25, 0.3) is 0 Å². The summed E-state index contributed by atoms with van der Waals surface area (Å²) < 4.78 is 1.24. The predicted molar refractivity (Wildman–Crippen MR) is 77.2 cm³/mol. The van der Waals surface area contributed by atoms with Crippen LogP contribution in [0.2, 0.25) is 0 Å². The zero-order valence-electron chi connectivity index (χ0n) is 10.3. The van der Waals surface area contributed by atoms with Crippen molar-refractivity contribution in [2.45, 2.75) is 39.7 Å². The first kappa shape index (κ1) is 13.9. The average Bonchev–Trinajstić information content (AvgIpc) is 2.53. The Morgan fingerprint density at radius 3 is 2.75 bits per heavy atom. The van der Waals surface area contributed by atoms with Crippen LogP contribution in [0.3, 0.4) is 0 Å². The Labute approximate surface area is 111 Å². The maximum atomic E-state index is 4.01. The SMILES string of the molecule is C=C(C)CC(NCCC)c1cc(C)c(Br)s1. The van der Waals surface area contributed by atoms with Crippen molar-refractivity contribution < 1.29 is 0 Å². The fourth-order valence-corrected chi connectivity index (χ4v) is 3.24. The number of aryl methyl sites for hydroxylation is 1. The molecule has 1 aromatic heterocycles. The third-order valence-corrected chi connectivity index (χ3v) is 4.66. The van der Waals surface area contributed by atoms with E-state index in [1.165, 1.54) is 19.8 Å². The molecule has 1 nitrogen and oxygen atoms in total. The molecule has 1 unspecified atom stereocenters. The highest BCUT2D eigenvalue weighted by atomic mass is 79.9. The molecular weight excluding hydrogens is 282 g/mol. The number of hydrogen-bond acceptors (Lipinski definition) is 2. The van der Waals surface area contributed by atoms with E-state index in [0.29, 0.717) is 6.04 Å². The molecule has 1 rings (SSSR count). The van der Waals surface area contributed by atoms with Crippen LogP contribution in [0.5, 0.6) is 0 Å². The van der Waals surface area contributed by atoms with E-state index >= 15 is 0 Å². The van der Waals surface area contributed by atoms with Crippen molar-refractivity contribution in [2.75, 3.05) is 6.54 Å². The van der Waals surface area contributed by atoms with Gasteiger partial charge < -0.3 is 5.32 Å². The van der Waals surface area contributed by atoms with Crippen LogP contribution in [0.15, 0.2) is 22.0 Å². The summed E-state index contributed by atoms with van der Waals surface area (Å²) in [6.45, 7) is 11.5. The van der Waals surface area contributed by atoms with Crippen LogP contribution >= 0.6 is 27.3 Å². The van der Waals surface area contributed by atoms with Gasteiger partial charge in [-0.3, -0.25) is 0 Å². The van der Waals surface area contributed by atoms with Gasteiger partial charge in [0.25, 0.3) is 0 Å². The molecule has 0 aliphatic rings. The monoisotopic (exact) mass is 301 g/mol. The first-order chi connectivity index (χ1) is 7.54. The van der Waals surface area contributed by atoms with Gasteiger partial charge >= 0.3 is 0 Å². The van der Waals surface area contributed by atoms with Gasteiger partial charge in [-0.1, -0.05) is 12.5 Å². The van der Waals surface area contributed by atoms with Crippen molar-refractivity contribution >= 4 is 27.3 Å². The van der Waals surface area contributed by atoms with Gasteiger partial charge in [0.1, 0.15) is 0 Å². The summed E-state index contributed by atoms with van der Waals surface area (Å²) in [6.07, 6.45) is 2.19. The second-order valence-electron chi connectivity index (χ2n) is 4.27. The van der Waals surface area contributed by atoms with Crippen LogP contribution in [0, 0.1) is 6.92 Å². The second-order valence-corrected chi connectivity index (χ2v) is 6.68. The van der Waals surface area contributed by atoms with Crippen LogP contribution in [-0.2, 0) is 0 Å². The Morgan fingerprint density at radius 2 is 2.31 bits per heavy atom. The molecule has 0 aliphatic carbocycles. The van der Waals surface area contributed by atoms with Gasteiger partial charge in [0.05, 0.1) is 3.79 Å². The number of halogens is 1. The third kappa shape index (κ3) is 4.04. The van der Waals surface area contributed by atoms with E-state index in [1.54, 1.807) is 0 Å². The van der Waals surface area contributed by atoms with Crippen LogP contribution in [-0.4, -0.2) is 6.54 Å². The van der Waals surface area contributed by atoms with Gasteiger partial charge in [-0.15, -0.1) is 17.9 Å². The molecule has 1 heterocycles. The van der Waals surface area contributed by atoms with Gasteiger partial charge in [0.2, 0.25) is 0 Å². The maximum absolute atomic E-state index is 4.01. The Bertz CT molecular complexity index is 337. The minimum Gasteiger partial charge on any atom is -0.309 e.